The quantitative estimate of drug-likeness (QED) is 0.520. The van der Waals surface area contributed by atoms with E-state index in [0.717, 1.165) is 0 Å². The van der Waals surface area contributed by atoms with Crippen molar-refractivity contribution in [1.29, 1.82) is 0 Å². The standard InChI is InChI=1S/C22H24FN5O4/c1-13(2)15-11-20(29)26-22(24-15)28-19(10-16(27-28)18-8-5-9-31-18)25-21(30)12-32-17-7-4-3-6-14(17)23/h3-10,13,15,22,24H,11-12H2,1-2H3,(H,25,30)(H,26,29). The smallest absolute Gasteiger partial charge is 0.263 e. The van der Waals surface area contributed by atoms with Gasteiger partial charge in [-0.2, -0.15) is 5.10 Å². The highest BCUT2D eigenvalue weighted by Gasteiger charge is 2.31. The lowest BCUT2D eigenvalue weighted by molar-refractivity contribution is -0.126. The summed E-state index contributed by atoms with van der Waals surface area (Å²) in [6.07, 6.45) is 1.19. The molecular weight excluding hydrogens is 417 g/mol. The molecule has 2 atom stereocenters. The summed E-state index contributed by atoms with van der Waals surface area (Å²) in [4.78, 5) is 24.8. The molecule has 0 saturated carbocycles. The highest BCUT2D eigenvalue weighted by Crippen LogP contribution is 2.26. The second-order valence-electron chi connectivity index (χ2n) is 7.80. The van der Waals surface area contributed by atoms with Crippen molar-refractivity contribution in [2.75, 3.05) is 11.9 Å². The number of hydrogen-bond donors (Lipinski definition) is 3. The minimum Gasteiger partial charge on any atom is -0.481 e. The van der Waals surface area contributed by atoms with Crippen molar-refractivity contribution < 1.29 is 23.1 Å². The molecule has 1 aromatic carbocycles. The Bertz CT molecular complexity index is 1100. The van der Waals surface area contributed by atoms with Crippen LogP contribution in [0.4, 0.5) is 10.2 Å². The summed E-state index contributed by atoms with van der Waals surface area (Å²) >= 11 is 0. The summed E-state index contributed by atoms with van der Waals surface area (Å²) in [5.74, 6) is -0.167. The highest BCUT2D eigenvalue weighted by atomic mass is 19.1. The first-order valence-corrected chi connectivity index (χ1v) is 10.3. The molecular formula is C22H24FN5O4. The Morgan fingerprint density at radius 1 is 1.34 bits per heavy atom. The highest BCUT2D eigenvalue weighted by molar-refractivity contribution is 5.91. The summed E-state index contributed by atoms with van der Waals surface area (Å²) in [5, 5.41) is 13.4. The fourth-order valence-corrected chi connectivity index (χ4v) is 3.39. The molecule has 0 bridgehead atoms. The first-order valence-electron chi connectivity index (χ1n) is 10.3. The van der Waals surface area contributed by atoms with E-state index in [0.29, 0.717) is 23.7 Å². The van der Waals surface area contributed by atoms with E-state index in [4.69, 9.17) is 9.15 Å². The van der Waals surface area contributed by atoms with Gasteiger partial charge in [-0.15, -0.1) is 0 Å². The SMILES string of the molecule is CC(C)C1CC(=O)NC(n2nc(-c3ccco3)cc2NC(=O)COc2ccccc2F)N1. The number of anilines is 1. The van der Waals surface area contributed by atoms with Gasteiger partial charge in [0.1, 0.15) is 11.5 Å². The van der Waals surface area contributed by atoms with Gasteiger partial charge in [-0.25, -0.2) is 9.07 Å². The van der Waals surface area contributed by atoms with E-state index in [1.807, 2.05) is 13.8 Å². The number of furan rings is 1. The van der Waals surface area contributed by atoms with E-state index in [1.165, 1.54) is 29.1 Å². The summed E-state index contributed by atoms with van der Waals surface area (Å²) in [7, 11) is 0. The average molecular weight is 441 g/mol. The Balaban J connectivity index is 1.55. The first-order chi connectivity index (χ1) is 15.4. The lowest BCUT2D eigenvalue weighted by Crippen LogP contribution is -2.55. The molecule has 3 N–H and O–H groups in total. The molecule has 1 saturated heterocycles. The first kappa shape index (κ1) is 21.6. The van der Waals surface area contributed by atoms with Crippen molar-refractivity contribution in [2.24, 2.45) is 5.92 Å². The predicted molar refractivity (Wildman–Crippen MR) is 114 cm³/mol. The molecule has 0 spiro atoms. The summed E-state index contributed by atoms with van der Waals surface area (Å²) in [5.41, 5.74) is 0.475. The molecule has 2 amide bonds. The number of benzene rings is 1. The van der Waals surface area contributed by atoms with E-state index >= 15 is 0 Å². The van der Waals surface area contributed by atoms with Crippen molar-refractivity contribution in [1.82, 2.24) is 20.4 Å². The maximum absolute atomic E-state index is 13.7. The maximum Gasteiger partial charge on any atom is 0.263 e. The Hall–Kier alpha value is -3.66. The number of carbonyl (C=O) groups excluding carboxylic acids is 2. The second kappa shape index (κ2) is 9.23. The predicted octanol–water partition coefficient (Wildman–Crippen LogP) is 2.89. The van der Waals surface area contributed by atoms with Gasteiger partial charge in [-0.1, -0.05) is 26.0 Å². The molecule has 3 aromatic rings. The lowest BCUT2D eigenvalue weighted by atomic mass is 9.99. The van der Waals surface area contributed by atoms with E-state index in [-0.39, 0.29) is 23.6 Å². The number of rotatable bonds is 7. The van der Waals surface area contributed by atoms with Crippen LogP contribution in [0.3, 0.4) is 0 Å². The van der Waals surface area contributed by atoms with Gasteiger partial charge in [0.2, 0.25) is 5.91 Å². The lowest BCUT2D eigenvalue weighted by Gasteiger charge is -2.34. The summed E-state index contributed by atoms with van der Waals surface area (Å²) in [6, 6.07) is 10.9. The van der Waals surface area contributed by atoms with Gasteiger partial charge in [0, 0.05) is 18.5 Å². The third-order valence-corrected chi connectivity index (χ3v) is 5.10. The number of aromatic nitrogens is 2. The van der Waals surface area contributed by atoms with Gasteiger partial charge >= 0.3 is 0 Å². The van der Waals surface area contributed by atoms with Crippen LogP contribution in [0.1, 0.15) is 26.6 Å². The Kier molecular flexibility index (Phi) is 6.22. The Labute approximate surface area is 183 Å². The molecule has 0 aliphatic carbocycles. The number of amides is 2. The molecule has 2 aromatic heterocycles. The number of nitrogens with zero attached hydrogens (tertiary/aromatic N) is 2. The Morgan fingerprint density at radius 2 is 2.16 bits per heavy atom. The van der Waals surface area contributed by atoms with Gasteiger partial charge in [0.25, 0.3) is 5.91 Å². The van der Waals surface area contributed by atoms with Crippen LogP contribution in [0.5, 0.6) is 5.75 Å². The normalized spacial score (nSPS) is 18.4. The molecule has 168 valence electrons. The van der Waals surface area contributed by atoms with Crippen LogP contribution in [0.2, 0.25) is 0 Å². The number of para-hydroxylation sites is 1. The number of halogens is 1. The average Bonchev–Trinajstić information content (AvgIpc) is 3.43. The van der Waals surface area contributed by atoms with Crippen LogP contribution in [-0.2, 0) is 9.59 Å². The maximum atomic E-state index is 13.7. The van der Waals surface area contributed by atoms with Gasteiger partial charge < -0.3 is 19.8 Å². The molecule has 9 nitrogen and oxygen atoms in total. The molecule has 1 aliphatic rings. The monoisotopic (exact) mass is 441 g/mol. The number of hydrogen-bond acceptors (Lipinski definition) is 6. The number of nitrogens with one attached hydrogen (secondary N) is 3. The van der Waals surface area contributed by atoms with Crippen LogP contribution < -0.4 is 20.7 Å². The zero-order valence-corrected chi connectivity index (χ0v) is 17.7. The zero-order valence-electron chi connectivity index (χ0n) is 17.7. The second-order valence-corrected chi connectivity index (χ2v) is 7.80. The van der Waals surface area contributed by atoms with E-state index in [1.54, 1.807) is 24.3 Å². The molecule has 32 heavy (non-hydrogen) atoms. The third kappa shape index (κ3) is 4.80. The zero-order chi connectivity index (χ0) is 22.7. The number of ether oxygens (including phenoxy) is 1. The van der Waals surface area contributed by atoms with Gasteiger partial charge in [0.15, 0.2) is 30.2 Å². The molecule has 0 radical (unpaired) electrons. The van der Waals surface area contributed by atoms with Crippen molar-refractivity contribution >= 4 is 17.6 Å². The van der Waals surface area contributed by atoms with Crippen molar-refractivity contribution in [3.05, 3.63) is 54.5 Å². The van der Waals surface area contributed by atoms with Crippen molar-refractivity contribution in [3.8, 4) is 17.2 Å². The van der Waals surface area contributed by atoms with Crippen molar-refractivity contribution in [2.45, 2.75) is 32.6 Å². The molecule has 10 heteroatoms. The topological polar surface area (TPSA) is 110 Å². The largest absolute Gasteiger partial charge is 0.481 e. The third-order valence-electron chi connectivity index (χ3n) is 5.10. The van der Waals surface area contributed by atoms with Crippen molar-refractivity contribution in [3.63, 3.8) is 0 Å². The molecule has 2 unspecified atom stereocenters. The minimum atomic E-state index is -0.671. The number of carbonyl (C=O) groups is 2. The summed E-state index contributed by atoms with van der Waals surface area (Å²) < 4.78 is 25.9. The minimum absolute atomic E-state index is 0.0200. The molecule has 4 rings (SSSR count). The molecule has 1 aliphatic heterocycles. The molecule has 3 heterocycles. The Morgan fingerprint density at radius 3 is 2.88 bits per heavy atom. The summed E-state index contributed by atoms with van der Waals surface area (Å²) in [6.45, 7) is 3.64. The van der Waals surface area contributed by atoms with E-state index in [2.05, 4.69) is 21.0 Å². The van der Waals surface area contributed by atoms with Crippen LogP contribution in [0.25, 0.3) is 11.5 Å². The fraction of sp³-hybridized carbons (Fsp3) is 0.318. The van der Waals surface area contributed by atoms with E-state index < -0.39 is 24.6 Å². The van der Waals surface area contributed by atoms with Gasteiger partial charge in [0.05, 0.1) is 6.26 Å². The van der Waals surface area contributed by atoms with Crippen LogP contribution in [0.15, 0.2) is 53.1 Å². The van der Waals surface area contributed by atoms with Crippen LogP contribution in [0, 0.1) is 11.7 Å². The van der Waals surface area contributed by atoms with Gasteiger partial charge in [-0.3, -0.25) is 14.9 Å². The fourth-order valence-electron chi connectivity index (χ4n) is 3.39. The van der Waals surface area contributed by atoms with Gasteiger partial charge in [-0.05, 0) is 30.2 Å². The molecule has 1 fully saturated rings. The van der Waals surface area contributed by atoms with Crippen LogP contribution in [-0.4, -0.2) is 34.2 Å². The van der Waals surface area contributed by atoms with Crippen LogP contribution >= 0.6 is 0 Å². The van der Waals surface area contributed by atoms with E-state index in [9.17, 15) is 14.0 Å².